The molecular formula is C12H26O2. The highest BCUT2D eigenvalue weighted by molar-refractivity contribution is 5.66. The van der Waals surface area contributed by atoms with Gasteiger partial charge in [-0.2, -0.15) is 0 Å². The van der Waals surface area contributed by atoms with Crippen molar-refractivity contribution in [2.45, 2.75) is 66.2 Å². The summed E-state index contributed by atoms with van der Waals surface area (Å²) < 4.78 is 0. The maximum atomic E-state index is 9.81. The van der Waals surface area contributed by atoms with E-state index in [9.17, 15) is 4.79 Å². The van der Waals surface area contributed by atoms with Gasteiger partial charge in [0.1, 0.15) is 0 Å². The Bertz CT molecular complexity index is 115. The van der Waals surface area contributed by atoms with Crippen LogP contribution in [0.5, 0.6) is 0 Å². The molecule has 0 bridgehead atoms. The highest BCUT2D eigenvalue weighted by Crippen LogP contribution is 2.00. The Kier molecular flexibility index (Phi) is 14.2. The summed E-state index contributed by atoms with van der Waals surface area (Å²) in [6.45, 7) is 8.26. The fourth-order valence-corrected chi connectivity index (χ4v) is 1.03. The number of carboxylic acids is 1. The van der Waals surface area contributed by atoms with E-state index in [0.29, 0.717) is 0 Å². The van der Waals surface area contributed by atoms with Crippen LogP contribution in [0.2, 0.25) is 0 Å². The van der Waals surface area contributed by atoms with E-state index < -0.39 is 5.97 Å². The molecule has 0 rings (SSSR count). The number of carbonyl (C=O) groups is 1. The van der Waals surface area contributed by atoms with Crippen molar-refractivity contribution in [2.75, 3.05) is 0 Å². The molecule has 0 spiro atoms. The van der Waals surface area contributed by atoms with Gasteiger partial charge in [0.2, 0.25) is 0 Å². The SMILES string of the molecule is CC(C)CC(=O)O.CCCCCCC. The minimum absolute atomic E-state index is 0.275. The molecular weight excluding hydrogens is 176 g/mol. The number of aliphatic carboxylic acids is 1. The molecule has 0 aromatic heterocycles. The summed E-state index contributed by atoms with van der Waals surface area (Å²) in [7, 11) is 0. The van der Waals surface area contributed by atoms with E-state index >= 15 is 0 Å². The van der Waals surface area contributed by atoms with Gasteiger partial charge in [0.05, 0.1) is 0 Å². The second-order valence-corrected chi connectivity index (χ2v) is 4.05. The third-order valence-corrected chi connectivity index (χ3v) is 1.79. The zero-order valence-electron chi connectivity index (χ0n) is 10.2. The molecule has 0 atom stereocenters. The van der Waals surface area contributed by atoms with Crippen LogP contribution in [0, 0.1) is 5.92 Å². The Hall–Kier alpha value is -0.530. The van der Waals surface area contributed by atoms with Gasteiger partial charge in [-0.25, -0.2) is 0 Å². The van der Waals surface area contributed by atoms with Crippen LogP contribution >= 0.6 is 0 Å². The average Bonchev–Trinajstić information content (AvgIpc) is 2.04. The number of hydrogen-bond donors (Lipinski definition) is 1. The standard InChI is InChI=1S/C7H16.C5H10O2/c1-3-5-7-6-4-2;1-4(2)3-5(6)7/h3-7H2,1-2H3;4H,3H2,1-2H3,(H,6,7). The van der Waals surface area contributed by atoms with Gasteiger partial charge in [-0.15, -0.1) is 0 Å². The molecule has 0 aliphatic heterocycles. The highest BCUT2D eigenvalue weighted by atomic mass is 16.4. The van der Waals surface area contributed by atoms with E-state index in [1.54, 1.807) is 0 Å². The lowest BCUT2D eigenvalue weighted by Gasteiger charge is -1.94. The normalized spacial score (nSPS) is 9.50. The van der Waals surface area contributed by atoms with E-state index in [2.05, 4.69) is 13.8 Å². The molecule has 0 aliphatic rings. The zero-order valence-corrected chi connectivity index (χ0v) is 10.2. The van der Waals surface area contributed by atoms with Gasteiger partial charge in [0.15, 0.2) is 0 Å². The molecule has 0 aromatic carbocycles. The van der Waals surface area contributed by atoms with E-state index in [0.717, 1.165) is 0 Å². The quantitative estimate of drug-likeness (QED) is 0.658. The van der Waals surface area contributed by atoms with Crippen molar-refractivity contribution in [3.8, 4) is 0 Å². The largest absolute Gasteiger partial charge is 0.481 e. The van der Waals surface area contributed by atoms with Crippen molar-refractivity contribution in [3.05, 3.63) is 0 Å². The summed E-state index contributed by atoms with van der Waals surface area (Å²) in [6, 6.07) is 0. The third kappa shape index (κ3) is 22.5. The lowest BCUT2D eigenvalue weighted by molar-refractivity contribution is -0.137. The summed E-state index contributed by atoms with van der Waals surface area (Å²) in [6.07, 6.45) is 7.29. The fourth-order valence-electron chi connectivity index (χ4n) is 1.03. The Morgan fingerprint density at radius 2 is 1.50 bits per heavy atom. The zero-order chi connectivity index (χ0) is 11.4. The first-order valence-electron chi connectivity index (χ1n) is 5.76. The molecule has 0 radical (unpaired) electrons. The fraction of sp³-hybridized carbons (Fsp3) is 0.917. The van der Waals surface area contributed by atoms with E-state index in [1.807, 2.05) is 13.8 Å². The molecule has 2 heteroatoms. The first kappa shape index (κ1) is 15.9. The summed E-state index contributed by atoms with van der Waals surface area (Å²) in [4.78, 5) is 9.81. The average molecular weight is 202 g/mol. The topological polar surface area (TPSA) is 37.3 Å². The van der Waals surface area contributed by atoms with Gasteiger partial charge < -0.3 is 5.11 Å². The lowest BCUT2D eigenvalue weighted by Crippen LogP contribution is -1.99. The molecule has 0 amide bonds. The highest BCUT2D eigenvalue weighted by Gasteiger charge is 1.98. The predicted octanol–water partition coefficient (Wildman–Crippen LogP) is 4.09. The Labute approximate surface area is 88.7 Å². The molecule has 0 heterocycles. The Morgan fingerprint density at radius 1 is 1.07 bits per heavy atom. The molecule has 0 saturated carbocycles. The minimum Gasteiger partial charge on any atom is -0.481 e. The second-order valence-electron chi connectivity index (χ2n) is 4.05. The van der Waals surface area contributed by atoms with Crippen LogP contribution in [0.1, 0.15) is 66.2 Å². The van der Waals surface area contributed by atoms with Crippen LogP contribution < -0.4 is 0 Å². The molecule has 0 fully saturated rings. The minimum atomic E-state index is -0.713. The van der Waals surface area contributed by atoms with Gasteiger partial charge >= 0.3 is 5.97 Å². The molecule has 0 aliphatic carbocycles. The first-order valence-corrected chi connectivity index (χ1v) is 5.76. The lowest BCUT2D eigenvalue weighted by atomic mass is 10.1. The molecule has 86 valence electrons. The van der Waals surface area contributed by atoms with Gasteiger partial charge in [-0.1, -0.05) is 59.8 Å². The van der Waals surface area contributed by atoms with Crippen LogP contribution in [0.4, 0.5) is 0 Å². The molecule has 2 nitrogen and oxygen atoms in total. The van der Waals surface area contributed by atoms with Crippen molar-refractivity contribution < 1.29 is 9.90 Å². The van der Waals surface area contributed by atoms with Crippen LogP contribution in [-0.4, -0.2) is 11.1 Å². The first-order chi connectivity index (χ1) is 6.54. The van der Waals surface area contributed by atoms with E-state index in [4.69, 9.17) is 5.11 Å². The van der Waals surface area contributed by atoms with Crippen LogP contribution in [-0.2, 0) is 4.79 Å². The maximum Gasteiger partial charge on any atom is 0.303 e. The number of unbranched alkanes of at least 4 members (excludes halogenated alkanes) is 4. The molecule has 0 aromatic rings. The van der Waals surface area contributed by atoms with Gasteiger partial charge in [-0.3, -0.25) is 4.79 Å². The summed E-state index contributed by atoms with van der Waals surface area (Å²) in [5, 5.41) is 8.08. The van der Waals surface area contributed by atoms with Gasteiger partial charge in [0, 0.05) is 6.42 Å². The van der Waals surface area contributed by atoms with Gasteiger partial charge in [-0.05, 0) is 5.92 Å². The third-order valence-electron chi connectivity index (χ3n) is 1.79. The smallest absolute Gasteiger partial charge is 0.303 e. The van der Waals surface area contributed by atoms with Crippen molar-refractivity contribution in [1.29, 1.82) is 0 Å². The number of carboxylic acid groups (broad SMARTS) is 1. The van der Waals surface area contributed by atoms with Crippen molar-refractivity contribution in [3.63, 3.8) is 0 Å². The van der Waals surface area contributed by atoms with Crippen LogP contribution in [0.25, 0.3) is 0 Å². The monoisotopic (exact) mass is 202 g/mol. The van der Waals surface area contributed by atoms with Gasteiger partial charge in [0.25, 0.3) is 0 Å². The number of hydrogen-bond acceptors (Lipinski definition) is 1. The molecule has 14 heavy (non-hydrogen) atoms. The predicted molar refractivity (Wildman–Crippen MR) is 61.5 cm³/mol. The Balaban J connectivity index is 0. The summed E-state index contributed by atoms with van der Waals surface area (Å²) >= 11 is 0. The molecule has 0 saturated heterocycles. The molecule has 0 unspecified atom stereocenters. The van der Waals surface area contributed by atoms with Crippen LogP contribution in [0.15, 0.2) is 0 Å². The van der Waals surface area contributed by atoms with E-state index in [1.165, 1.54) is 32.1 Å². The van der Waals surface area contributed by atoms with Crippen molar-refractivity contribution >= 4 is 5.97 Å². The number of rotatable bonds is 6. The van der Waals surface area contributed by atoms with Crippen molar-refractivity contribution in [2.24, 2.45) is 5.92 Å². The maximum absolute atomic E-state index is 9.81. The molecule has 1 N–H and O–H groups in total. The Morgan fingerprint density at radius 3 is 1.64 bits per heavy atom. The van der Waals surface area contributed by atoms with E-state index in [-0.39, 0.29) is 12.3 Å². The van der Waals surface area contributed by atoms with Crippen molar-refractivity contribution in [1.82, 2.24) is 0 Å². The summed E-state index contributed by atoms with van der Waals surface area (Å²) in [5.74, 6) is -0.438. The van der Waals surface area contributed by atoms with Crippen LogP contribution in [0.3, 0.4) is 0 Å². The second kappa shape index (κ2) is 12.5. The summed E-state index contributed by atoms with van der Waals surface area (Å²) in [5.41, 5.74) is 0.